The van der Waals surface area contributed by atoms with E-state index in [0.717, 1.165) is 0 Å². The van der Waals surface area contributed by atoms with E-state index < -0.39 is 11.6 Å². The molecule has 2 rings (SSSR count). The quantitative estimate of drug-likeness (QED) is 0.771. The van der Waals surface area contributed by atoms with Crippen LogP contribution in [0.1, 0.15) is 5.56 Å². The first-order valence-corrected chi connectivity index (χ1v) is 5.00. The van der Waals surface area contributed by atoms with Gasteiger partial charge in [-0.05, 0) is 19.1 Å². The molecule has 82 valence electrons. The van der Waals surface area contributed by atoms with Crippen LogP contribution in [-0.4, -0.2) is 9.97 Å². The van der Waals surface area contributed by atoms with Crippen LogP contribution in [0.2, 0.25) is 0 Å². The average molecular weight is 238 g/mol. The monoisotopic (exact) mass is 238 g/mol. The zero-order chi connectivity index (χ0) is 11.7. The Morgan fingerprint density at radius 1 is 1.25 bits per heavy atom. The summed E-state index contributed by atoms with van der Waals surface area (Å²) in [4.78, 5) is 6.56. The van der Waals surface area contributed by atoms with Crippen LogP contribution in [0.25, 0.3) is 11.3 Å². The Morgan fingerprint density at radius 2 is 1.88 bits per heavy atom. The normalized spacial score (nSPS) is 10.4. The van der Waals surface area contributed by atoms with Gasteiger partial charge in [-0.25, -0.2) is 13.8 Å². The molecule has 0 unspecified atom stereocenters. The third kappa shape index (κ3) is 1.74. The number of aromatic nitrogens is 2. The highest BCUT2D eigenvalue weighted by molar-refractivity contribution is 7.71. The third-order valence-corrected chi connectivity index (χ3v) is 2.71. The van der Waals surface area contributed by atoms with E-state index in [1.807, 2.05) is 0 Å². The maximum atomic E-state index is 13.5. The van der Waals surface area contributed by atoms with Gasteiger partial charge in [-0.2, -0.15) is 0 Å². The molecule has 2 nitrogen and oxygen atoms in total. The fourth-order valence-corrected chi connectivity index (χ4v) is 1.62. The number of hydrogen-bond donors (Lipinski definition) is 1. The molecule has 0 fully saturated rings. The van der Waals surface area contributed by atoms with Gasteiger partial charge in [0.05, 0.1) is 17.6 Å². The molecular weight excluding hydrogens is 230 g/mol. The van der Waals surface area contributed by atoms with Crippen molar-refractivity contribution in [2.45, 2.75) is 6.92 Å². The topological polar surface area (TPSA) is 28.7 Å². The first-order chi connectivity index (χ1) is 7.61. The Kier molecular flexibility index (Phi) is 2.78. The first-order valence-electron chi connectivity index (χ1n) is 4.60. The van der Waals surface area contributed by atoms with E-state index >= 15 is 0 Å². The zero-order valence-electron chi connectivity index (χ0n) is 8.42. The maximum absolute atomic E-state index is 13.5. The summed E-state index contributed by atoms with van der Waals surface area (Å²) in [6.45, 7) is 1.67. The van der Waals surface area contributed by atoms with Crippen LogP contribution in [0.3, 0.4) is 0 Å². The first kappa shape index (κ1) is 10.9. The summed E-state index contributed by atoms with van der Waals surface area (Å²) >= 11 is 4.95. The Labute approximate surface area is 96.0 Å². The van der Waals surface area contributed by atoms with Crippen LogP contribution < -0.4 is 0 Å². The lowest BCUT2D eigenvalue weighted by molar-refractivity contribution is 0.588. The van der Waals surface area contributed by atoms with E-state index in [9.17, 15) is 8.78 Å². The molecule has 5 heteroatoms. The van der Waals surface area contributed by atoms with Crippen molar-refractivity contribution in [3.05, 3.63) is 46.4 Å². The van der Waals surface area contributed by atoms with Crippen LogP contribution >= 0.6 is 12.2 Å². The van der Waals surface area contributed by atoms with Crippen molar-refractivity contribution in [1.29, 1.82) is 0 Å². The molecule has 0 aliphatic heterocycles. The van der Waals surface area contributed by atoms with Gasteiger partial charge in [-0.1, -0.05) is 18.3 Å². The van der Waals surface area contributed by atoms with Gasteiger partial charge < -0.3 is 4.98 Å². The Morgan fingerprint density at radius 3 is 2.50 bits per heavy atom. The van der Waals surface area contributed by atoms with Gasteiger partial charge >= 0.3 is 0 Å². The molecule has 0 bridgehead atoms. The van der Waals surface area contributed by atoms with Crippen molar-refractivity contribution >= 4 is 12.2 Å². The number of nitrogens with zero attached hydrogens (tertiary/aromatic N) is 1. The van der Waals surface area contributed by atoms with Gasteiger partial charge in [0.1, 0.15) is 16.3 Å². The van der Waals surface area contributed by atoms with Crippen molar-refractivity contribution < 1.29 is 8.78 Å². The molecule has 0 spiro atoms. The molecule has 2 aromatic rings. The zero-order valence-corrected chi connectivity index (χ0v) is 9.24. The number of nitrogens with one attached hydrogen (secondary N) is 1. The lowest BCUT2D eigenvalue weighted by atomic mass is 10.1. The van der Waals surface area contributed by atoms with Crippen molar-refractivity contribution in [3.63, 3.8) is 0 Å². The van der Waals surface area contributed by atoms with Gasteiger partial charge in [-0.3, -0.25) is 0 Å². The van der Waals surface area contributed by atoms with E-state index in [0.29, 0.717) is 15.9 Å². The molecular formula is C11H8F2N2S. The number of H-pyrrole nitrogens is 1. The summed E-state index contributed by atoms with van der Waals surface area (Å²) in [7, 11) is 0. The molecule has 0 atom stereocenters. The highest BCUT2D eigenvalue weighted by Crippen LogP contribution is 2.26. The summed E-state index contributed by atoms with van der Waals surface area (Å²) in [6, 6.07) is 3.73. The summed E-state index contributed by atoms with van der Waals surface area (Å²) < 4.78 is 27.4. The molecule has 1 aromatic carbocycles. The summed E-state index contributed by atoms with van der Waals surface area (Å²) in [6.07, 6.45) is 1.33. The Bertz CT molecular complexity index is 573. The number of benzene rings is 1. The van der Waals surface area contributed by atoms with Crippen LogP contribution in [0.5, 0.6) is 0 Å². The number of halogens is 2. The Hall–Kier alpha value is -1.62. The SMILES string of the molecule is Cc1c(-c2c(F)cccc2F)[nH]cnc1=S. The molecule has 0 saturated heterocycles. The molecule has 0 aliphatic carbocycles. The van der Waals surface area contributed by atoms with Crippen LogP contribution in [0.15, 0.2) is 24.5 Å². The summed E-state index contributed by atoms with van der Waals surface area (Å²) in [5, 5.41) is 0. The summed E-state index contributed by atoms with van der Waals surface area (Å²) in [5.74, 6) is -1.25. The van der Waals surface area contributed by atoms with Crippen LogP contribution in [-0.2, 0) is 0 Å². The minimum Gasteiger partial charge on any atom is -0.345 e. The fraction of sp³-hybridized carbons (Fsp3) is 0.0909. The molecule has 0 saturated carbocycles. The van der Waals surface area contributed by atoms with E-state index in [2.05, 4.69) is 9.97 Å². The average Bonchev–Trinajstić information content (AvgIpc) is 2.24. The second-order valence-corrected chi connectivity index (χ2v) is 3.69. The molecule has 0 radical (unpaired) electrons. The lowest BCUT2D eigenvalue weighted by Gasteiger charge is -2.07. The maximum Gasteiger partial charge on any atom is 0.135 e. The number of aromatic amines is 1. The van der Waals surface area contributed by atoms with E-state index in [1.54, 1.807) is 6.92 Å². The van der Waals surface area contributed by atoms with Crippen molar-refractivity contribution in [2.75, 3.05) is 0 Å². The molecule has 1 heterocycles. The second-order valence-electron chi connectivity index (χ2n) is 3.30. The van der Waals surface area contributed by atoms with Crippen LogP contribution in [0, 0.1) is 23.2 Å². The van der Waals surface area contributed by atoms with Gasteiger partial charge in [0.15, 0.2) is 0 Å². The predicted octanol–water partition coefficient (Wildman–Crippen LogP) is 3.39. The molecule has 0 aliphatic rings. The lowest BCUT2D eigenvalue weighted by Crippen LogP contribution is -1.96. The van der Waals surface area contributed by atoms with Gasteiger partial charge in [0.25, 0.3) is 0 Å². The minimum absolute atomic E-state index is 0.103. The van der Waals surface area contributed by atoms with E-state index in [4.69, 9.17) is 12.2 Å². The van der Waals surface area contributed by atoms with Gasteiger partial charge in [-0.15, -0.1) is 0 Å². The summed E-state index contributed by atoms with van der Waals surface area (Å²) in [5.41, 5.74) is 0.783. The van der Waals surface area contributed by atoms with Gasteiger partial charge in [0, 0.05) is 5.56 Å². The van der Waals surface area contributed by atoms with Crippen molar-refractivity contribution in [3.8, 4) is 11.3 Å². The molecule has 16 heavy (non-hydrogen) atoms. The minimum atomic E-state index is -0.625. The predicted molar refractivity (Wildman–Crippen MR) is 59.5 cm³/mol. The largest absolute Gasteiger partial charge is 0.345 e. The van der Waals surface area contributed by atoms with Gasteiger partial charge in [0.2, 0.25) is 0 Å². The highest BCUT2D eigenvalue weighted by Gasteiger charge is 2.13. The van der Waals surface area contributed by atoms with E-state index in [1.165, 1.54) is 24.5 Å². The highest BCUT2D eigenvalue weighted by atomic mass is 32.1. The van der Waals surface area contributed by atoms with Crippen LogP contribution in [0.4, 0.5) is 8.78 Å². The van der Waals surface area contributed by atoms with Crippen molar-refractivity contribution in [1.82, 2.24) is 9.97 Å². The standard InChI is InChI=1S/C11H8F2N2S/c1-6-10(14-5-15-11(6)16)9-7(12)3-2-4-8(9)13/h2-5H,1H3,(H,14,15,16). The smallest absolute Gasteiger partial charge is 0.135 e. The molecule has 1 N–H and O–H groups in total. The van der Waals surface area contributed by atoms with E-state index in [-0.39, 0.29) is 5.56 Å². The third-order valence-electron chi connectivity index (χ3n) is 2.30. The van der Waals surface area contributed by atoms with Crippen molar-refractivity contribution in [2.24, 2.45) is 0 Å². The second kappa shape index (κ2) is 4.09. The number of hydrogen-bond acceptors (Lipinski definition) is 2. The molecule has 1 aromatic heterocycles. The molecule has 0 amide bonds. The Balaban J connectivity index is 2.78. The fourth-order valence-electron chi connectivity index (χ4n) is 1.46. The number of rotatable bonds is 1.